The van der Waals surface area contributed by atoms with E-state index in [0.717, 1.165) is 18.4 Å². The lowest BCUT2D eigenvalue weighted by Crippen LogP contribution is -2.45. The summed E-state index contributed by atoms with van der Waals surface area (Å²) in [5, 5.41) is 9.09. The number of hydrogen-bond acceptors (Lipinski definition) is 2. The minimum Gasteiger partial charge on any atom is -0.352 e. The van der Waals surface area contributed by atoms with Gasteiger partial charge in [0.25, 0.3) is 0 Å². The number of amides is 1. The van der Waals surface area contributed by atoms with E-state index < -0.39 is 0 Å². The van der Waals surface area contributed by atoms with Crippen molar-refractivity contribution < 1.29 is 9.18 Å². The molecule has 134 valence electrons. The van der Waals surface area contributed by atoms with Crippen LogP contribution in [-0.2, 0) is 11.3 Å². The van der Waals surface area contributed by atoms with Crippen molar-refractivity contribution in [1.29, 1.82) is 0 Å². The van der Waals surface area contributed by atoms with Crippen LogP contribution in [-0.4, -0.2) is 31.5 Å². The Bertz CT molecular complexity index is 547. The van der Waals surface area contributed by atoms with Crippen LogP contribution in [0.1, 0.15) is 37.7 Å². The van der Waals surface area contributed by atoms with Crippen molar-refractivity contribution in [1.82, 2.24) is 16.0 Å². The van der Waals surface area contributed by atoms with Crippen LogP contribution in [0.3, 0.4) is 0 Å². The molecule has 24 heavy (non-hydrogen) atoms. The number of aliphatic imine (C=N–C) groups is 1. The van der Waals surface area contributed by atoms with E-state index in [4.69, 9.17) is 0 Å². The number of nitrogens with zero attached hydrogens (tertiary/aromatic N) is 1. The van der Waals surface area contributed by atoms with Gasteiger partial charge in [0, 0.05) is 19.6 Å². The van der Waals surface area contributed by atoms with Gasteiger partial charge in [0.15, 0.2) is 5.96 Å². The number of carbonyl (C=O) groups excluding carboxylic acids is 1. The second kappa shape index (κ2) is 11.2. The van der Waals surface area contributed by atoms with Gasteiger partial charge >= 0.3 is 0 Å². The third-order valence-electron chi connectivity index (χ3n) is 3.96. The van der Waals surface area contributed by atoms with Crippen molar-refractivity contribution >= 4 is 35.8 Å². The van der Waals surface area contributed by atoms with E-state index in [1.165, 1.54) is 31.4 Å². The summed E-state index contributed by atoms with van der Waals surface area (Å²) in [5.41, 5.74) is 0.819. The molecule has 0 bridgehead atoms. The summed E-state index contributed by atoms with van der Waals surface area (Å²) in [6.07, 6.45) is 5.78. The fourth-order valence-corrected chi connectivity index (χ4v) is 2.74. The molecule has 0 radical (unpaired) electrons. The van der Waals surface area contributed by atoms with E-state index in [1.807, 2.05) is 6.07 Å². The molecule has 1 amide bonds. The molecule has 0 atom stereocenters. The zero-order valence-corrected chi connectivity index (χ0v) is 16.3. The standard InChI is InChI=1S/C17H25FN4O.HI/c1-19-17(20-11-13-6-5-7-14(18)10-13)21-12-16(23)22-15-8-3-2-4-9-15;/h5-7,10,15H,2-4,8-9,11-12H2,1H3,(H,22,23)(H2,19,20,21);1H. The van der Waals surface area contributed by atoms with Crippen LogP contribution >= 0.6 is 24.0 Å². The Morgan fingerprint density at radius 1 is 1.25 bits per heavy atom. The lowest BCUT2D eigenvalue weighted by Gasteiger charge is -2.23. The zero-order chi connectivity index (χ0) is 16.5. The maximum Gasteiger partial charge on any atom is 0.239 e. The molecule has 1 aliphatic rings. The van der Waals surface area contributed by atoms with Crippen LogP contribution in [0.4, 0.5) is 4.39 Å². The quantitative estimate of drug-likeness (QED) is 0.369. The van der Waals surface area contributed by atoms with Gasteiger partial charge in [0.1, 0.15) is 5.82 Å². The lowest BCUT2D eigenvalue weighted by atomic mass is 9.95. The molecule has 1 aromatic rings. The average Bonchev–Trinajstić information content (AvgIpc) is 2.56. The summed E-state index contributed by atoms with van der Waals surface area (Å²) >= 11 is 0. The predicted molar refractivity (Wildman–Crippen MR) is 105 cm³/mol. The van der Waals surface area contributed by atoms with Crippen molar-refractivity contribution in [3.05, 3.63) is 35.6 Å². The highest BCUT2D eigenvalue weighted by molar-refractivity contribution is 14.0. The van der Waals surface area contributed by atoms with Gasteiger partial charge in [-0.1, -0.05) is 31.4 Å². The molecule has 2 rings (SSSR count). The maximum absolute atomic E-state index is 13.1. The summed E-state index contributed by atoms with van der Waals surface area (Å²) in [6, 6.07) is 6.68. The number of guanidine groups is 1. The third kappa shape index (κ3) is 7.46. The summed E-state index contributed by atoms with van der Waals surface area (Å²) in [6.45, 7) is 0.626. The number of carbonyl (C=O) groups is 1. The molecule has 1 saturated carbocycles. The molecule has 0 spiro atoms. The van der Waals surface area contributed by atoms with E-state index in [0.29, 0.717) is 18.5 Å². The molecular weight excluding hydrogens is 422 g/mol. The molecule has 0 aliphatic heterocycles. The van der Waals surface area contributed by atoms with E-state index in [1.54, 1.807) is 13.1 Å². The summed E-state index contributed by atoms with van der Waals surface area (Å²) in [4.78, 5) is 16.0. The van der Waals surface area contributed by atoms with Crippen molar-refractivity contribution in [2.75, 3.05) is 13.6 Å². The van der Waals surface area contributed by atoms with Gasteiger partial charge in [-0.3, -0.25) is 9.79 Å². The Hall–Kier alpha value is -1.38. The fraction of sp³-hybridized carbons (Fsp3) is 0.529. The van der Waals surface area contributed by atoms with Crippen molar-refractivity contribution in [2.24, 2.45) is 4.99 Å². The van der Waals surface area contributed by atoms with Crippen molar-refractivity contribution in [2.45, 2.75) is 44.7 Å². The molecule has 5 nitrogen and oxygen atoms in total. The van der Waals surface area contributed by atoms with Gasteiger partial charge in [0.2, 0.25) is 5.91 Å². The Morgan fingerprint density at radius 3 is 2.67 bits per heavy atom. The summed E-state index contributed by atoms with van der Waals surface area (Å²) in [7, 11) is 1.64. The largest absolute Gasteiger partial charge is 0.352 e. The predicted octanol–water partition coefficient (Wildman–Crippen LogP) is 2.56. The van der Waals surface area contributed by atoms with Crippen molar-refractivity contribution in [3.63, 3.8) is 0 Å². The van der Waals surface area contributed by atoms with E-state index in [-0.39, 0.29) is 42.2 Å². The lowest BCUT2D eigenvalue weighted by molar-refractivity contribution is -0.120. The highest BCUT2D eigenvalue weighted by Crippen LogP contribution is 2.17. The molecule has 7 heteroatoms. The number of nitrogens with one attached hydrogen (secondary N) is 3. The van der Waals surface area contributed by atoms with Crippen LogP contribution in [0, 0.1) is 5.82 Å². The highest BCUT2D eigenvalue weighted by atomic mass is 127. The van der Waals surface area contributed by atoms with Gasteiger partial charge in [-0.15, -0.1) is 24.0 Å². The maximum atomic E-state index is 13.1. The van der Waals surface area contributed by atoms with Crippen LogP contribution in [0.25, 0.3) is 0 Å². The first-order valence-corrected chi connectivity index (χ1v) is 8.15. The fourth-order valence-electron chi connectivity index (χ4n) is 2.74. The van der Waals surface area contributed by atoms with Gasteiger partial charge in [0.05, 0.1) is 6.54 Å². The van der Waals surface area contributed by atoms with Crippen LogP contribution in [0.5, 0.6) is 0 Å². The normalized spacial score (nSPS) is 15.3. The molecule has 1 aliphatic carbocycles. The van der Waals surface area contributed by atoms with Crippen LogP contribution in [0.15, 0.2) is 29.3 Å². The van der Waals surface area contributed by atoms with Gasteiger partial charge < -0.3 is 16.0 Å². The molecule has 0 aromatic heterocycles. The molecule has 0 heterocycles. The minimum atomic E-state index is -0.265. The van der Waals surface area contributed by atoms with Crippen molar-refractivity contribution in [3.8, 4) is 0 Å². The topological polar surface area (TPSA) is 65.5 Å². The second-order valence-corrected chi connectivity index (χ2v) is 5.81. The minimum absolute atomic E-state index is 0. The zero-order valence-electron chi connectivity index (χ0n) is 14.0. The monoisotopic (exact) mass is 448 g/mol. The first-order valence-electron chi connectivity index (χ1n) is 8.15. The SMILES string of the molecule is CN=C(NCC(=O)NC1CCCCC1)NCc1cccc(F)c1.I. The van der Waals surface area contributed by atoms with Gasteiger partial charge in [-0.05, 0) is 30.5 Å². The Kier molecular flexibility index (Phi) is 9.66. The highest BCUT2D eigenvalue weighted by Gasteiger charge is 2.15. The summed E-state index contributed by atoms with van der Waals surface area (Å²) < 4.78 is 13.1. The molecular formula is C17H26FIN4O. The first-order chi connectivity index (χ1) is 11.2. The Balaban J connectivity index is 0.00000288. The van der Waals surface area contributed by atoms with Gasteiger partial charge in [-0.2, -0.15) is 0 Å². The van der Waals surface area contributed by atoms with Crippen LogP contribution in [0.2, 0.25) is 0 Å². The number of hydrogen-bond donors (Lipinski definition) is 3. The second-order valence-electron chi connectivity index (χ2n) is 5.81. The smallest absolute Gasteiger partial charge is 0.239 e. The Morgan fingerprint density at radius 2 is 2.00 bits per heavy atom. The number of benzene rings is 1. The first kappa shape index (κ1) is 20.7. The number of rotatable bonds is 5. The van der Waals surface area contributed by atoms with E-state index >= 15 is 0 Å². The molecule has 0 saturated heterocycles. The van der Waals surface area contributed by atoms with E-state index in [2.05, 4.69) is 20.9 Å². The van der Waals surface area contributed by atoms with Gasteiger partial charge in [-0.25, -0.2) is 4.39 Å². The average molecular weight is 448 g/mol. The molecule has 1 fully saturated rings. The molecule has 1 aromatic carbocycles. The summed E-state index contributed by atoms with van der Waals surface area (Å²) in [5.74, 6) is 0.234. The van der Waals surface area contributed by atoms with Crippen LogP contribution < -0.4 is 16.0 Å². The van der Waals surface area contributed by atoms with E-state index in [9.17, 15) is 9.18 Å². The number of halogens is 2. The molecule has 3 N–H and O–H groups in total. The Labute approximate surface area is 159 Å². The molecule has 0 unspecified atom stereocenters. The third-order valence-corrected chi connectivity index (χ3v) is 3.96.